The monoisotopic (exact) mass is 275 g/mol. The quantitative estimate of drug-likeness (QED) is 0.708. The molecule has 0 spiro atoms. The fourth-order valence-corrected chi connectivity index (χ4v) is 2.38. The normalized spacial score (nSPS) is 13.1. The summed E-state index contributed by atoms with van der Waals surface area (Å²) in [5.74, 6) is 2.28. The van der Waals surface area contributed by atoms with Gasteiger partial charge in [-0.2, -0.15) is 5.26 Å². The minimum absolute atomic E-state index is 0.196. The number of hydrogen-bond donors (Lipinski definition) is 0. The second-order valence-electron chi connectivity index (χ2n) is 5.07. The highest BCUT2D eigenvalue weighted by molar-refractivity contribution is 5.46. The highest BCUT2D eigenvalue weighted by atomic mass is 16.7. The SMILES string of the molecule is CCC(C#N)(CC)CCCOc1ccc2c(c1)OCO2. The third kappa shape index (κ3) is 3.16. The van der Waals surface area contributed by atoms with Crippen molar-refractivity contribution < 1.29 is 14.2 Å². The standard InChI is InChI=1S/C16H21NO3/c1-3-16(4-2,11-17)8-5-9-18-13-6-7-14-15(10-13)20-12-19-14/h6-7,10H,3-5,8-9,12H2,1-2H3. The van der Waals surface area contributed by atoms with Crippen LogP contribution in [0, 0.1) is 16.7 Å². The number of ether oxygens (including phenoxy) is 3. The molecule has 0 amide bonds. The zero-order chi connectivity index (χ0) is 14.4. The molecule has 0 aliphatic carbocycles. The molecule has 0 fully saturated rings. The third-order valence-electron chi connectivity index (χ3n) is 4.00. The first-order chi connectivity index (χ1) is 9.73. The summed E-state index contributed by atoms with van der Waals surface area (Å²) < 4.78 is 16.3. The summed E-state index contributed by atoms with van der Waals surface area (Å²) in [5.41, 5.74) is -0.196. The van der Waals surface area contributed by atoms with Crippen LogP contribution in [0.4, 0.5) is 0 Å². The Bertz CT molecular complexity index is 489. The molecule has 0 radical (unpaired) electrons. The fraction of sp³-hybridized carbons (Fsp3) is 0.562. The summed E-state index contributed by atoms with van der Waals surface area (Å²) in [4.78, 5) is 0. The Kier molecular flexibility index (Phi) is 4.73. The van der Waals surface area contributed by atoms with Gasteiger partial charge in [-0.15, -0.1) is 0 Å². The Morgan fingerprint density at radius 3 is 2.70 bits per heavy atom. The molecule has 1 aliphatic rings. The molecule has 0 N–H and O–H groups in total. The van der Waals surface area contributed by atoms with Gasteiger partial charge in [0, 0.05) is 6.07 Å². The van der Waals surface area contributed by atoms with E-state index in [0.29, 0.717) is 6.61 Å². The second-order valence-corrected chi connectivity index (χ2v) is 5.07. The molecule has 0 aromatic heterocycles. The molecular weight excluding hydrogens is 254 g/mol. The van der Waals surface area contributed by atoms with Crippen molar-refractivity contribution in [1.29, 1.82) is 5.26 Å². The maximum absolute atomic E-state index is 9.28. The molecule has 0 saturated heterocycles. The van der Waals surface area contributed by atoms with Gasteiger partial charge in [-0.3, -0.25) is 0 Å². The van der Waals surface area contributed by atoms with Crippen LogP contribution < -0.4 is 14.2 Å². The lowest BCUT2D eigenvalue weighted by atomic mass is 9.80. The van der Waals surface area contributed by atoms with Gasteiger partial charge in [-0.05, 0) is 37.8 Å². The number of fused-ring (bicyclic) bond motifs is 1. The molecule has 4 nitrogen and oxygen atoms in total. The zero-order valence-electron chi connectivity index (χ0n) is 12.1. The number of nitriles is 1. The van der Waals surface area contributed by atoms with E-state index in [1.165, 1.54) is 0 Å². The molecule has 4 heteroatoms. The van der Waals surface area contributed by atoms with Crippen molar-refractivity contribution >= 4 is 0 Å². The Morgan fingerprint density at radius 1 is 1.25 bits per heavy atom. The van der Waals surface area contributed by atoms with Gasteiger partial charge in [0.05, 0.1) is 18.1 Å². The molecule has 108 valence electrons. The van der Waals surface area contributed by atoms with E-state index in [1.54, 1.807) is 0 Å². The average molecular weight is 275 g/mol. The second kappa shape index (κ2) is 6.51. The van der Waals surface area contributed by atoms with Crippen LogP contribution in [0.3, 0.4) is 0 Å². The van der Waals surface area contributed by atoms with Crippen LogP contribution in [0.15, 0.2) is 18.2 Å². The van der Waals surface area contributed by atoms with Gasteiger partial charge < -0.3 is 14.2 Å². The van der Waals surface area contributed by atoms with Gasteiger partial charge in [0.25, 0.3) is 0 Å². The van der Waals surface area contributed by atoms with E-state index in [-0.39, 0.29) is 12.2 Å². The van der Waals surface area contributed by atoms with Crippen molar-refractivity contribution in [3.8, 4) is 23.3 Å². The van der Waals surface area contributed by atoms with E-state index in [1.807, 2.05) is 18.2 Å². The van der Waals surface area contributed by atoms with Gasteiger partial charge in [0.2, 0.25) is 6.79 Å². The van der Waals surface area contributed by atoms with E-state index in [9.17, 15) is 5.26 Å². The first-order valence-corrected chi connectivity index (χ1v) is 7.16. The van der Waals surface area contributed by atoms with Crippen LogP contribution in [0.25, 0.3) is 0 Å². The summed E-state index contributed by atoms with van der Waals surface area (Å²) >= 11 is 0. The summed E-state index contributed by atoms with van der Waals surface area (Å²) in [6.07, 6.45) is 3.54. The highest BCUT2D eigenvalue weighted by Gasteiger charge is 2.25. The van der Waals surface area contributed by atoms with Gasteiger partial charge >= 0.3 is 0 Å². The molecular formula is C16H21NO3. The number of nitrogens with zero attached hydrogens (tertiary/aromatic N) is 1. The zero-order valence-corrected chi connectivity index (χ0v) is 12.1. The van der Waals surface area contributed by atoms with E-state index in [2.05, 4.69) is 19.9 Å². The molecule has 1 heterocycles. The number of hydrogen-bond acceptors (Lipinski definition) is 4. The van der Waals surface area contributed by atoms with Crippen LogP contribution in [0.1, 0.15) is 39.5 Å². The summed E-state index contributed by atoms with van der Waals surface area (Å²) in [6.45, 7) is 5.04. The smallest absolute Gasteiger partial charge is 0.231 e. The van der Waals surface area contributed by atoms with E-state index in [4.69, 9.17) is 14.2 Å². The summed E-state index contributed by atoms with van der Waals surface area (Å²) in [5, 5.41) is 9.28. The van der Waals surface area contributed by atoms with Crippen LogP contribution in [-0.4, -0.2) is 13.4 Å². The fourth-order valence-electron chi connectivity index (χ4n) is 2.38. The molecule has 0 unspecified atom stereocenters. The molecule has 2 rings (SSSR count). The topological polar surface area (TPSA) is 51.5 Å². The van der Waals surface area contributed by atoms with E-state index < -0.39 is 0 Å². The summed E-state index contributed by atoms with van der Waals surface area (Å²) in [6, 6.07) is 8.04. The molecule has 0 bridgehead atoms. The Morgan fingerprint density at radius 2 is 2.00 bits per heavy atom. The van der Waals surface area contributed by atoms with Gasteiger partial charge in [-0.25, -0.2) is 0 Å². The number of benzene rings is 1. The lowest BCUT2D eigenvalue weighted by molar-refractivity contribution is 0.173. The largest absolute Gasteiger partial charge is 0.493 e. The van der Waals surface area contributed by atoms with Crippen molar-refractivity contribution in [2.45, 2.75) is 39.5 Å². The molecule has 1 aliphatic heterocycles. The minimum atomic E-state index is -0.196. The van der Waals surface area contributed by atoms with Gasteiger partial charge in [-0.1, -0.05) is 13.8 Å². The lowest BCUT2D eigenvalue weighted by Gasteiger charge is -2.22. The highest BCUT2D eigenvalue weighted by Crippen LogP contribution is 2.35. The van der Waals surface area contributed by atoms with E-state index in [0.717, 1.165) is 42.9 Å². The maximum atomic E-state index is 9.28. The van der Waals surface area contributed by atoms with Crippen molar-refractivity contribution in [2.24, 2.45) is 5.41 Å². The predicted molar refractivity (Wildman–Crippen MR) is 75.9 cm³/mol. The van der Waals surface area contributed by atoms with Crippen molar-refractivity contribution in [3.63, 3.8) is 0 Å². The maximum Gasteiger partial charge on any atom is 0.231 e. The minimum Gasteiger partial charge on any atom is -0.493 e. The van der Waals surface area contributed by atoms with Gasteiger partial charge in [0.15, 0.2) is 11.5 Å². The van der Waals surface area contributed by atoms with Crippen LogP contribution in [-0.2, 0) is 0 Å². The predicted octanol–water partition coefficient (Wildman–Crippen LogP) is 3.90. The summed E-state index contributed by atoms with van der Waals surface area (Å²) in [7, 11) is 0. The Hall–Kier alpha value is -1.89. The van der Waals surface area contributed by atoms with E-state index >= 15 is 0 Å². The first-order valence-electron chi connectivity index (χ1n) is 7.16. The third-order valence-corrected chi connectivity index (χ3v) is 4.00. The lowest BCUT2D eigenvalue weighted by Crippen LogP contribution is -2.17. The van der Waals surface area contributed by atoms with Crippen molar-refractivity contribution in [3.05, 3.63) is 18.2 Å². The van der Waals surface area contributed by atoms with Crippen LogP contribution in [0.2, 0.25) is 0 Å². The van der Waals surface area contributed by atoms with Crippen molar-refractivity contribution in [2.75, 3.05) is 13.4 Å². The Labute approximate surface area is 120 Å². The average Bonchev–Trinajstić information content (AvgIpc) is 2.96. The molecule has 20 heavy (non-hydrogen) atoms. The first kappa shape index (κ1) is 14.5. The van der Waals surface area contributed by atoms with Crippen molar-refractivity contribution in [1.82, 2.24) is 0 Å². The van der Waals surface area contributed by atoms with Gasteiger partial charge in [0.1, 0.15) is 5.75 Å². The molecule has 0 saturated carbocycles. The number of rotatable bonds is 7. The molecule has 0 atom stereocenters. The van der Waals surface area contributed by atoms with Crippen LogP contribution >= 0.6 is 0 Å². The molecule has 1 aromatic rings. The Balaban J connectivity index is 1.80. The van der Waals surface area contributed by atoms with Crippen LogP contribution in [0.5, 0.6) is 17.2 Å². The molecule has 1 aromatic carbocycles.